The summed E-state index contributed by atoms with van der Waals surface area (Å²) in [5.74, 6) is -11.9. The van der Waals surface area contributed by atoms with Crippen LogP contribution in [0.2, 0.25) is 0 Å². The van der Waals surface area contributed by atoms with E-state index in [0.717, 1.165) is 5.06 Å². The molecule has 5 nitrogen and oxygen atoms in total. The van der Waals surface area contributed by atoms with Gasteiger partial charge in [0.25, 0.3) is 11.8 Å². The molecule has 0 spiro atoms. The molecule has 2 amide bonds. The first-order valence-electron chi connectivity index (χ1n) is 8.30. The minimum Gasteiger partial charge on any atom is -0.482 e. The molecular weight excluding hydrogens is 389 g/mol. The number of ether oxygens (including phenoxy) is 1. The molecule has 0 bridgehead atoms. The monoisotopic (exact) mass is 411 g/mol. The van der Waals surface area contributed by atoms with Gasteiger partial charge in [0, 0.05) is 12.8 Å². The minimum atomic E-state index is -2.20. The lowest BCUT2D eigenvalue weighted by molar-refractivity contribution is -0.218. The Balaban J connectivity index is 0.000000292. The zero-order valence-corrected chi connectivity index (χ0v) is 16.4. The SMILES string of the molecule is CC(C)(C)ON1C(=O)CCC1=O.CC(C)(C)Oc1c(F)c(F)c(F)c(F)c1F. The third-order valence-electron chi connectivity index (χ3n) is 2.95. The standard InChI is InChI=1S/C10H9F5O.C8H13NO3/c1-10(2,3)16-9-7(14)5(12)4(11)6(13)8(9)15;1-8(2,3)12-9-6(10)4-5-7(9)11/h1-3H3;4-5H2,1-3H3. The van der Waals surface area contributed by atoms with E-state index in [1.165, 1.54) is 20.8 Å². The molecule has 1 aromatic rings. The average molecular weight is 411 g/mol. The molecule has 2 rings (SSSR count). The highest BCUT2D eigenvalue weighted by Crippen LogP contribution is 2.31. The van der Waals surface area contributed by atoms with Gasteiger partial charge >= 0.3 is 0 Å². The molecule has 1 heterocycles. The van der Waals surface area contributed by atoms with Crippen molar-refractivity contribution in [3.05, 3.63) is 29.1 Å². The zero-order valence-electron chi connectivity index (χ0n) is 16.4. The predicted molar refractivity (Wildman–Crippen MR) is 88.5 cm³/mol. The van der Waals surface area contributed by atoms with Gasteiger partial charge in [0.15, 0.2) is 5.75 Å². The lowest BCUT2D eigenvalue weighted by Crippen LogP contribution is -2.37. The van der Waals surface area contributed by atoms with Crippen LogP contribution in [0.25, 0.3) is 0 Å². The number of amides is 2. The summed E-state index contributed by atoms with van der Waals surface area (Å²) in [4.78, 5) is 27.2. The molecule has 0 radical (unpaired) electrons. The highest BCUT2D eigenvalue weighted by Gasteiger charge is 2.33. The second-order valence-electron chi connectivity index (χ2n) is 7.90. The van der Waals surface area contributed by atoms with Gasteiger partial charge in [-0.3, -0.25) is 14.4 Å². The van der Waals surface area contributed by atoms with E-state index in [1.807, 2.05) is 0 Å². The third-order valence-corrected chi connectivity index (χ3v) is 2.95. The molecule has 1 saturated heterocycles. The molecule has 1 aliphatic rings. The second kappa shape index (κ2) is 8.42. The number of carbonyl (C=O) groups excluding carboxylic acids is 2. The molecule has 1 fully saturated rings. The van der Waals surface area contributed by atoms with Crippen molar-refractivity contribution in [2.45, 2.75) is 65.6 Å². The third kappa shape index (κ3) is 6.15. The number of hydrogen-bond donors (Lipinski definition) is 0. The fraction of sp³-hybridized carbons (Fsp3) is 0.556. The van der Waals surface area contributed by atoms with Crippen LogP contribution in [-0.2, 0) is 14.4 Å². The Morgan fingerprint density at radius 2 is 1.04 bits per heavy atom. The van der Waals surface area contributed by atoms with E-state index < -0.39 is 46.0 Å². The Hall–Kier alpha value is -2.23. The van der Waals surface area contributed by atoms with Gasteiger partial charge in [-0.05, 0) is 41.5 Å². The molecule has 1 aliphatic heterocycles. The van der Waals surface area contributed by atoms with Crippen molar-refractivity contribution >= 4 is 11.8 Å². The van der Waals surface area contributed by atoms with Crippen molar-refractivity contribution < 1.29 is 41.1 Å². The number of hydrogen-bond acceptors (Lipinski definition) is 4. The highest BCUT2D eigenvalue weighted by molar-refractivity contribution is 6.00. The maximum Gasteiger partial charge on any atom is 0.254 e. The van der Waals surface area contributed by atoms with Crippen LogP contribution < -0.4 is 4.74 Å². The number of hydroxylamine groups is 2. The minimum absolute atomic E-state index is 0.241. The van der Waals surface area contributed by atoms with Crippen LogP contribution in [0.1, 0.15) is 54.4 Å². The number of halogens is 5. The molecule has 10 heteroatoms. The Morgan fingerprint density at radius 1 is 0.679 bits per heavy atom. The second-order valence-corrected chi connectivity index (χ2v) is 7.90. The van der Waals surface area contributed by atoms with E-state index in [1.54, 1.807) is 20.8 Å². The molecular formula is C18H22F5NO4. The summed E-state index contributed by atoms with van der Waals surface area (Å²) in [6.07, 6.45) is 0.545. The van der Waals surface area contributed by atoms with Crippen molar-refractivity contribution in [2.75, 3.05) is 0 Å². The van der Waals surface area contributed by atoms with Gasteiger partial charge in [0.2, 0.25) is 29.1 Å². The summed E-state index contributed by atoms with van der Waals surface area (Å²) < 4.78 is 69.0. The van der Waals surface area contributed by atoms with Gasteiger partial charge in [-0.25, -0.2) is 13.2 Å². The van der Waals surface area contributed by atoms with Gasteiger partial charge < -0.3 is 4.74 Å². The molecule has 0 unspecified atom stereocenters. The van der Waals surface area contributed by atoms with Crippen LogP contribution in [0.4, 0.5) is 22.0 Å². The van der Waals surface area contributed by atoms with Crippen LogP contribution in [-0.4, -0.2) is 28.1 Å². The molecule has 0 N–H and O–H groups in total. The van der Waals surface area contributed by atoms with E-state index in [0.29, 0.717) is 0 Å². The Bertz CT molecular complexity index is 724. The Morgan fingerprint density at radius 3 is 1.36 bits per heavy atom. The van der Waals surface area contributed by atoms with Crippen molar-refractivity contribution in [2.24, 2.45) is 0 Å². The first-order valence-corrected chi connectivity index (χ1v) is 8.30. The van der Waals surface area contributed by atoms with Gasteiger partial charge in [-0.15, -0.1) is 0 Å². The van der Waals surface area contributed by atoms with Crippen molar-refractivity contribution in [1.82, 2.24) is 5.06 Å². The quantitative estimate of drug-likeness (QED) is 0.313. The first kappa shape index (κ1) is 23.8. The van der Waals surface area contributed by atoms with Crippen LogP contribution in [0, 0.1) is 29.1 Å². The molecule has 158 valence electrons. The van der Waals surface area contributed by atoms with E-state index in [4.69, 9.17) is 4.84 Å². The lowest BCUT2D eigenvalue weighted by atomic mass is 10.2. The Kier molecular flexibility index (Phi) is 7.16. The number of benzene rings is 1. The molecule has 0 atom stereocenters. The average Bonchev–Trinajstić information content (AvgIpc) is 2.85. The first-order chi connectivity index (χ1) is 12.5. The number of rotatable bonds is 2. The van der Waals surface area contributed by atoms with Crippen LogP contribution >= 0.6 is 0 Å². The van der Waals surface area contributed by atoms with Gasteiger partial charge in [0.05, 0.1) is 5.60 Å². The largest absolute Gasteiger partial charge is 0.482 e. The molecule has 0 aliphatic carbocycles. The summed E-state index contributed by atoms with van der Waals surface area (Å²) in [5.41, 5.74) is -1.56. The summed E-state index contributed by atoms with van der Waals surface area (Å²) >= 11 is 0. The molecule has 0 saturated carbocycles. The van der Waals surface area contributed by atoms with Gasteiger partial charge in [-0.2, -0.15) is 13.8 Å². The van der Waals surface area contributed by atoms with E-state index in [2.05, 4.69) is 4.74 Å². The fourth-order valence-electron chi connectivity index (χ4n) is 1.91. The Labute approximate surface area is 159 Å². The molecule has 1 aromatic carbocycles. The van der Waals surface area contributed by atoms with Gasteiger partial charge in [-0.1, -0.05) is 0 Å². The van der Waals surface area contributed by atoms with Crippen molar-refractivity contribution in [3.8, 4) is 5.75 Å². The van der Waals surface area contributed by atoms with Crippen molar-refractivity contribution in [1.29, 1.82) is 0 Å². The molecule has 28 heavy (non-hydrogen) atoms. The smallest absolute Gasteiger partial charge is 0.254 e. The number of imide groups is 1. The maximum absolute atomic E-state index is 13.1. The molecule has 0 aromatic heterocycles. The summed E-state index contributed by atoms with van der Waals surface area (Å²) in [5, 5.41) is 0.875. The topological polar surface area (TPSA) is 55.8 Å². The summed E-state index contributed by atoms with van der Waals surface area (Å²) in [6.45, 7) is 9.66. The lowest BCUT2D eigenvalue weighted by Gasteiger charge is -2.24. The highest BCUT2D eigenvalue weighted by atomic mass is 19.2. The van der Waals surface area contributed by atoms with Crippen LogP contribution in [0.15, 0.2) is 0 Å². The summed E-state index contributed by atoms with van der Waals surface area (Å²) in [6, 6.07) is 0. The zero-order chi connectivity index (χ0) is 22.0. The van der Waals surface area contributed by atoms with E-state index in [-0.39, 0.29) is 24.7 Å². The van der Waals surface area contributed by atoms with Gasteiger partial charge in [0.1, 0.15) is 5.60 Å². The summed E-state index contributed by atoms with van der Waals surface area (Å²) in [7, 11) is 0. The van der Waals surface area contributed by atoms with E-state index >= 15 is 0 Å². The van der Waals surface area contributed by atoms with E-state index in [9.17, 15) is 31.5 Å². The number of carbonyl (C=O) groups is 2. The fourth-order valence-corrected chi connectivity index (χ4v) is 1.91. The van der Waals surface area contributed by atoms with Crippen molar-refractivity contribution in [3.63, 3.8) is 0 Å². The normalized spacial score (nSPS) is 14.9. The number of nitrogens with zero attached hydrogens (tertiary/aromatic N) is 1. The van der Waals surface area contributed by atoms with Crippen LogP contribution in [0.5, 0.6) is 5.75 Å². The maximum atomic E-state index is 13.1. The van der Waals surface area contributed by atoms with Crippen LogP contribution in [0.3, 0.4) is 0 Å². The predicted octanol–water partition coefficient (Wildman–Crippen LogP) is 4.42.